The summed E-state index contributed by atoms with van der Waals surface area (Å²) in [6.45, 7) is 2.33. The second-order valence-electron chi connectivity index (χ2n) is 2.62. The van der Waals surface area contributed by atoms with Crippen molar-refractivity contribution in [1.29, 1.82) is 0 Å². The van der Waals surface area contributed by atoms with Crippen molar-refractivity contribution in [1.82, 2.24) is 9.97 Å². The summed E-state index contributed by atoms with van der Waals surface area (Å²) in [4.78, 5) is 9.30. The third-order valence-corrected chi connectivity index (χ3v) is 2.62. The van der Waals surface area contributed by atoms with Gasteiger partial charge in [-0.2, -0.15) is 0 Å². The fourth-order valence-electron chi connectivity index (χ4n) is 1.01. The van der Waals surface area contributed by atoms with Crippen LogP contribution in [0.3, 0.4) is 0 Å². The van der Waals surface area contributed by atoms with Crippen molar-refractivity contribution >= 4 is 11.3 Å². The predicted octanol–water partition coefficient (Wildman–Crippen LogP) is 1.57. The van der Waals surface area contributed by atoms with E-state index in [0.29, 0.717) is 12.4 Å². The molecule has 0 saturated carbocycles. The number of thiazole rings is 1. The first-order valence-electron chi connectivity index (χ1n) is 3.86. The molecule has 0 aliphatic rings. The van der Waals surface area contributed by atoms with Crippen molar-refractivity contribution in [3.63, 3.8) is 0 Å². The summed E-state index contributed by atoms with van der Waals surface area (Å²) < 4.78 is 5.26. The molecule has 0 spiro atoms. The number of rotatable bonds is 2. The molecule has 13 heavy (non-hydrogen) atoms. The summed E-state index contributed by atoms with van der Waals surface area (Å²) in [7, 11) is 0. The molecule has 0 unspecified atom stereocenters. The molecule has 0 aliphatic carbocycles. The Hall–Kier alpha value is -1.20. The van der Waals surface area contributed by atoms with Crippen LogP contribution in [0.2, 0.25) is 0 Å². The lowest BCUT2D eigenvalue weighted by atomic mass is 10.4. The maximum absolute atomic E-state index is 5.42. The summed E-state index contributed by atoms with van der Waals surface area (Å²) >= 11 is 1.52. The highest BCUT2D eigenvalue weighted by Crippen LogP contribution is 2.25. The Labute approximate surface area is 79.4 Å². The molecule has 5 heteroatoms. The molecule has 0 saturated heterocycles. The molecule has 4 nitrogen and oxygen atoms in total. The molecule has 0 aromatic carbocycles. The molecule has 0 fully saturated rings. The van der Waals surface area contributed by atoms with Crippen LogP contribution in [0.4, 0.5) is 0 Å². The van der Waals surface area contributed by atoms with E-state index in [2.05, 4.69) is 9.97 Å². The molecule has 68 valence electrons. The van der Waals surface area contributed by atoms with Crippen molar-refractivity contribution in [2.45, 2.75) is 13.5 Å². The lowest BCUT2D eigenvalue weighted by Gasteiger charge is -1.88. The van der Waals surface area contributed by atoms with Gasteiger partial charge in [0.2, 0.25) is 5.89 Å². The maximum atomic E-state index is 5.42. The fraction of sp³-hybridized carbons (Fsp3) is 0.250. The highest BCUT2D eigenvalue weighted by molar-refractivity contribution is 7.13. The van der Waals surface area contributed by atoms with Gasteiger partial charge in [-0.15, -0.1) is 11.3 Å². The monoisotopic (exact) mass is 195 g/mol. The number of hydrogen-bond acceptors (Lipinski definition) is 5. The summed E-state index contributed by atoms with van der Waals surface area (Å²) in [6, 6.07) is 0. The highest BCUT2D eigenvalue weighted by Gasteiger charge is 2.10. The molecule has 2 rings (SSSR count). The normalized spacial score (nSPS) is 10.6. The third kappa shape index (κ3) is 1.48. The number of nitrogens with zero attached hydrogens (tertiary/aromatic N) is 2. The van der Waals surface area contributed by atoms with Crippen molar-refractivity contribution < 1.29 is 4.42 Å². The van der Waals surface area contributed by atoms with E-state index in [9.17, 15) is 0 Å². The largest absolute Gasteiger partial charge is 0.443 e. The van der Waals surface area contributed by atoms with E-state index in [0.717, 1.165) is 16.3 Å². The van der Waals surface area contributed by atoms with E-state index >= 15 is 0 Å². The molecule has 2 N–H and O–H groups in total. The minimum atomic E-state index is 0.404. The molecular formula is C8H9N3OS. The topological polar surface area (TPSA) is 64.9 Å². The molecule has 0 atom stereocenters. The number of oxazole rings is 1. The van der Waals surface area contributed by atoms with Gasteiger partial charge in [-0.25, -0.2) is 9.97 Å². The third-order valence-electron chi connectivity index (χ3n) is 1.70. The molecular weight excluding hydrogens is 186 g/mol. The Kier molecular flexibility index (Phi) is 2.12. The molecule has 0 amide bonds. The molecule has 0 radical (unpaired) electrons. The van der Waals surface area contributed by atoms with Gasteiger partial charge in [-0.1, -0.05) is 0 Å². The average molecular weight is 195 g/mol. The van der Waals surface area contributed by atoms with Crippen LogP contribution in [0.15, 0.2) is 16.2 Å². The zero-order valence-electron chi connectivity index (χ0n) is 7.15. The Morgan fingerprint density at radius 1 is 1.62 bits per heavy atom. The predicted molar refractivity (Wildman–Crippen MR) is 50.2 cm³/mol. The lowest BCUT2D eigenvalue weighted by Crippen LogP contribution is -1.95. The first kappa shape index (κ1) is 8.40. The fourth-order valence-corrected chi connectivity index (χ4v) is 1.75. The Morgan fingerprint density at radius 3 is 3.00 bits per heavy atom. The highest BCUT2D eigenvalue weighted by atomic mass is 32.1. The zero-order valence-corrected chi connectivity index (χ0v) is 7.97. The van der Waals surface area contributed by atoms with Gasteiger partial charge >= 0.3 is 0 Å². The van der Waals surface area contributed by atoms with E-state index < -0.39 is 0 Å². The minimum absolute atomic E-state index is 0.404. The van der Waals surface area contributed by atoms with Gasteiger partial charge in [0.1, 0.15) is 11.1 Å². The average Bonchev–Trinajstić information content (AvgIpc) is 2.71. The zero-order chi connectivity index (χ0) is 9.26. The number of hydrogen-bond donors (Lipinski definition) is 1. The van der Waals surface area contributed by atoms with E-state index in [1.807, 2.05) is 6.92 Å². The van der Waals surface area contributed by atoms with Crippen LogP contribution in [0.1, 0.15) is 11.4 Å². The lowest BCUT2D eigenvalue weighted by molar-refractivity contribution is 0.573. The van der Waals surface area contributed by atoms with E-state index in [-0.39, 0.29) is 0 Å². The van der Waals surface area contributed by atoms with E-state index in [4.69, 9.17) is 10.2 Å². The van der Waals surface area contributed by atoms with Gasteiger partial charge in [0, 0.05) is 6.54 Å². The van der Waals surface area contributed by atoms with Crippen LogP contribution in [0, 0.1) is 6.92 Å². The van der Waals surface area contributed by atoms with Gasteiger partial charge in [0.05, 0.1) is 16.9 Å². The van der Waals surface area contributed by atoms with Crippen LogP contribution in [-0.2, 0) is 6.54 Å². The van der Waals surface area contributed by atoms with Crippen molar-refractivity contribution in [3.8, 4) is 10.8 Å². The molecule has 2 aromatic heterocycles. The summed E-state index contributed by atoms with van der Waals surface area (Å²) in [5.41, 5.74) is 8.90. The van der Waals surface area contributed by atoms with E-state index in [1.54, 1.807) is 11.8 Å². The van der Waals surface area contributed by atoms with Crippen LogP contribution < -0.4 is 5.73 Å². The summed E-state index contributed by atoms with van der Waals surface area (Å²) in [5, 5.41) is 0. The Morgan fingerprint density at radius 2 is 2.46 bits per heavy atom. The van der Waals surface area contributed by atoms with Gasteiger partial charge in [0.15, 0.2) is 0 Å². The minimum Gasteiger partial charge on any atom is -0.443 e. The molecule has 0 aliphatic heterocycles. The van der Waals surface area contributed by atoms with Gasteiger partial charge in [0.25, 0.3) is 0 Å². The smallest absolute Gasteiger partial charge is 0.238 e. The SMILES string of the molecule is Cc1ncsc1-c1nc(CN)co1. The van der Waals surface area contributed by atoms with Crippen LogP contribution in [0.25, 0.3) is 10.8 Å². The van der Waals surface area contributed by atoms with Gasteiger partial charge in [-0.3, -0.25) is 0 Å². The quantitative estimate of drug-likeness (QED) is 0.789. The first-order valence-corrected chi connectivity index (χ1v) is 4.74. The van der Waals surface area contributed by atoms with Crippen molar-refractivity contribution in [3.05, 3.63) is 23.2 Å². The number of aromatic nitrogens is 2. The van der Waals surface area contributed by atoms with Gasteiger partial charge < -0.3 is 10.2 Å². The Balaban J connectivity index is 2.41. The van der Waals surface area contributed by atoms with Crippen molar-refractivity contribution in [2.24, 2.45) is 5.73 Å². The number of nitrogens with two attached hydrogens (primary N) is 1. The standard InChI is InChI=1S/C8H9N3OS/c1-5-7(13-4-10-5)8-11-6(2-9)3-12-8/h3-4H,2,9H2,1H3. The summed E-state index contributed by atoms with van der Waals surface area (Å²) in [5.74, 6) is 0.612. The molecule has 2 heterocycles. The number of aryl methyl sites for hydroxylation is 1. The van der Waals surface area contributed by atoms with Crippen LogP contribution >= 0.6 is 11.3 Å². The first-order chi connectivity index (χ1) is 6.31. The Bertz CT molecular complexity index is 407. The molecule has 2 aromatic rings. The van der Waals surface area contributed by atoms with Crippen molar-refractivity contribution in [2.75, 3.05) is 0 Å². The second kappa shape index (κ2) is 3.27. The van der Waals surface area contributed by atoms with Crippen LogP contribution in [0.5, 0.6) is 0 Å². The molecule has 0 bridgehead atoms. The van der Waals surface area contributed by atoms with E-state index in [1.165, 1.54) is 11.3 Å². The van der Waals surface area contributed by atoms with Crippen LogP contribution in [-0.4, -0.2) is 9.97 Å². The van der Waals surface area contributed by atoms with Gasteiger partial charge in [-0.05, 0) is 6.92 Å². The second-order valence-corrected chi connectivity index (χ2v) is 3.47. The summed E-state index contributed by atoms with van der Waals surface area (Å²) in [6.07, 6.45) is 1.58. The maximum Gasteiger partial charge on any atom is 0.238 e.